The van der Waals surface area contributed by atoms with Crippen LogP contribution >= 0.6 is 0 Å². The van der Waals surface area contributed by atoms with Crippen LogP contribution in [0, 0.1) is 27.7 Å². The molecule has 3 aromatic rings. The summed E-state index contributed by atoms with van der Waals surface area (Å²) in [5, 5.41) is 5.70. The van der Waals surface area contributed by atoms with Crippen molar-refractivity contribution in [3.05, 3.63) is 70.3 Å². The molecule has 3 heteroatoms. The van der Waals surface area contributed by atoms with E-state index in [1.807, 2.05) is 0 Å². The fraction of sp³-hybridized carbons (Fsp3) is 0.357. The second-order valence-corrected chi connectivity index (χ2v) is 10.4. The fourth-order valence-electron chi connectivity index (χ4n) is 4.98. The number of rotatable bonds is 1. The SMILES string of the molecule is Cc1c(C)c(C)c2c([cH-]c3cccc(C)c32)c1C1=CC=CC1.[Cl-].[Cl-].[Zr+2]=[C]1CCCCC1. The molecule has 0 heterocycles. The third-order valence-electron chi connectivity index (χ3n) is 6.82. The molecular formula is C28H31Cl2Zr-. The molecular weight excluding hydrogens is 498 g/mol. The molecule has 0 unspecified atom stereocenters. The Morgan fingerprint density at radius 3 is 2.13 bits per heavy atom. The van der Waals surface area contributed by atoms with Gasteiger partial charge in [-0.15, -0.1) is 33.7 Å². The van der Waals surface area contributed by atoms with E-state index < -0.39 is 0 Å². The van der Waals surface area contributed by atoms with Crippen molar-refractivity contribution in [2.45, 2.75) is 66.2 Å². The van der Waals surface area contributed by atoms with E-state index in [0.29, 0.717) is 0 Å². The molecule has 0 bridgehead atoms. The van der Waals surface area contributed by atoms with Crippen LogP contribution in [0.1, 0.15) is 66.3 Å². The summed E-state index contributed by atoms with van der Waals surface area (Å²) in [4.78, 5) is 0. The molecule has 0 N–H and O–H groups in total. The minimum atomic E-state index is 0. The number of allylic oxidation sites excluding steroid dienone is 4. The first kappa shape index (κ1) is 26.4. The summed E-state index contributed by atoms with van der Waals surface area (Å²) >= 11 is 1.69. The summed E-state index contributed by atoms with van der Waals surface area (Å²) in [5.74, 6) is 0. The predicted molar refractivity (Wildman–Crippen MR) is 126 cm³/mol. The monoisotopic (exact) mass is 527 g/mol. The Labute approximate surface area is 214 Å². The molecule has 31 heavy (non-hydrogen) atoms. The van der Waals surface area contributed by atoms with Crippen molar-refractivity contribution in [1.29, 1.82) is 0 Å². The summed E-state index contributed by atoms with van der Waals surface area (Å²) in [6, 6.07) is 9.04. The van der Waals surface area contributed by atoms with Gasteiger partial charge in [0.25, 0.3) is 0 Å². The summed E-state index contributed by atoms with van der Waals surface area (Å²) in [6.07, 6.45) is 15.1. The molecule has 0 atom stereocenters. The molecule has 5 rings (SSSR count). The summed E-state index contributed by atoms with van der Waals surface area (Å²) < 4.78 is 1.80. The molecule has 1 fully saturated rings. The first-order valence-electron chi connectivity index (χ1n) is 11.0. The van der Waals surface area contributed by atoms with E-state index >= 15 is 0 Å². The van der Waals surface area contributed by atoms with Crippen LogP contribution in [0.3, 0.4) is 0 Å². The van der Waals surface area contributed by atoms with E-state index in [1.165, 1.54) is 87.0 Å². The van der Waals surface area contributed by atoms with Crippen molar-refractivity contribution in [1.82, 2.24) is 0 Å². The van der Waals surface area contributed by atoms with E-state index in [9.17, 15) is 0 Å². The topological polar surface area (TPSA) is 0 Å². The van der Waals surface area contributed by atoms with Gasteiger partial charge in [0, 0.05) is 0 Å². The molecule has 0 aromatic heterocycles. The Hall–Kier alpha value is -0.877. The standard InChI is InChI=1S/C22H21.C6H10.2ClH.Zr/c1-13-8-7-11-18-12-19-21(17-9-5-6-10-17)15(3)14(2)16(4)22(19)20(13)18;1-2-4-6-5-3-1;;;/h5-9,11-12H,10H2,1-4H3;1-5H2;2*1H;/q-1;;;;+2/p-2. The number of hydrogen-bond acceptors (Lipinski definition) is 0. The van der Waals surface area contributed by atoms with Gasteiger partial charge in [-0.25, -0.2) is 0 Å². The molecule has 1 saturated carbocycles. The normalized spacial score (nSPS) is 15.3. The van der Waals surface area contributed by atoms with Crippen LogP contribution in [0.2, 0.25) is 0 Å². The van der Waals surface area contributed by atoms with E-state index in [-0.39, 0.29) is 24.8 Å². The van der Waals surface area contributed by atoms with Crippen molar-refractivity contribution in [2.24, 2.45) is 0 Å². The number of hydrogen-bond donors (Lipinski definition) is 0. The average molecular weight is 530 g/mol. The number of fused-ring (bicyclic) bond motifs is 3. The zero-order valence-electron chi connectivity index (χ0n) is 19.0. The van der Waals surface area contributed by atoms with Crippen molar-refractivity contribution < 1.29 is 49.0 Å². The van der Waals surface area contributed by atoms with Gasteiger partial charge < -0.3 is 24.8 Å². The van der Waals surface area contributed by atoms with Gasteiger partial charge >= 0.3 is 59.5 Å². The number of aryl methyl sites for hydroxylation is 2. The Kier molecular flexibility index (Phi) is 9.63. The third kappa shape index (κ3) is 5.21. The molecule has 0 spiro atoms. The van der Waals surface area contributed by atoms with Crippen LogP contribution in [0.5, 0.6) is 0 Å². The molecule has 0 aliphatic heterocycles. The number of halogens is 2. The molecule has 3 aromatic carbocycles. The molecule has 2 aliphatic rings. The molecule has 0 saturated heterocycles. The fourth-order valence-corrected chi connectivity index (χ4v) is 5.85. The van der Waals surface area contributed by atoms with Crippen LogP contribution in [0.4, 0.5) is 0 Å². The predicted octanol–water partition coefficient (Wildman–Crippen LogP) is 1.97. The maximum atomic E-state index is 2.39. The first-order valence-corrected chi connectivity index (χ1v) is 12.2. The van der Waals surface area contributed by atoms with Crippen LogP contribution in [0.25, 0.3) is 27.1 Å². The molecule has 0 amide bonds. The number of benzene rings is 2. The zero-order chi connectivity index (χ0) is 20.5. The van der Waals surface area contributed by atoms with Gasteiger partial charge in [0.1, 0.15) is 0 Å². The zero-order valence-corrected chi connectivity index (χ0v) is 23.0. The molecule has 162 valence electrons. The van der Waals surface area contributed by atoms with Crippen LogP contribution in [0.15, 0.2) is 42.5 Å². The molecule has 2 aliphatic carbocycles. The Balaban J connectivity index is 0.000000327. The van der Waals surface area contributed by atoms with Crippen molar-refractivity contribution in [3.63, 3.8) is 0 Å². The third-order valence-corrected chi connectivity index (χ3v) is 8.05. The van der Waals surface area contributed by atoms with Crippen molar-refractivity contribution >= 4 is 30.3 Å². The first-order chi connectivity index (χ1) is 14.0. The van der Waals surface area contributed by atoms with Gasteiger partial charge in [-0.05, 0) is 34.1 Å². The maximum absolute atomic E-state index is 2.39. The van der Waals surface area contributed by atoms with Crippen molar-refractivity contribution in [3.8, 4) is 0 Å². The van der Waals surface area contributed by atoms with Crippen LogP contribution in [-0.4, -0.2) is 3.21 Å². The van der Waals surface area contributed by atoms with Gasteiger partial charge in [0.2, 0.25) is 0 Å². The van der Waals surface area contributed by atoms with Gasteiger partial charge in [0.05, 0.1) is 0 Å². The van der Waals surface area contributed by atoms with Crippen molar-refractivity contribution in [2.75, 3.05) is 0 Å². The Morgan fingerprint density at radius 1 is 0.839 bits per heavy atom. The van der Waals surface area contributed by atoms with Crippen LogP contribution in [-0.2, 0) is 24.2 Å². The van der Waals surface area contributed by atoms with Crippen LogP contribution < -0.4 is 24.8 Å². The second kappa shape index (κ2) is 11.3. The van der Waals surface area contributed by atoms with E-state index in [1.54, 1.807) is 27.4 Å². The summed E-state index contributed by atoms with van der Waals surface area (Å²) in [5.41, 5.74) is 8.60. The molecule has 0 nitrogen and oxygen atoms in total. The van der Waals surface area contributed by atoms with Gasteiger partial charge in [0.15, 0.2) is 0 Å². The summed E-state index contributed by atoms with van der Waals surface area (Å²) in [6.45, 7) is 9.06. The van der Waals surface area contributed by atoms with Gasteiger partial charge in [-0.1, -0.05) is 63.8 Å². The van der Waals surface area contributed by atoms with Gasteiger partial charge in [-0.2, -0.15) is 0 Å². The minimum absolute atomic E-state index is 0. The second-order valence-electron chi connectivity index (χ2n) is 8.71. The van der Waals surface area contributed by atoms with E-state index in [4.69, 9.17) is 0 Å². The summed E-state index contributed by atoms with van der Waals surface area (Å²) in [7, 11) is 0. The Morgan fingerprint density at radius 2 is 1.55 bits per heavy atom. The molecule has 0 radical (unpaired) electrons. The van der Waals surface area contributed by atoms with E-state index in [0.717, 1.165) is 6.42 Å². The van der Waals surface area contributed by atoms with E-state index in [2.05, 4.69) is 70.2 Å². The average Bonchev–Trinajstić information content (AvgIpc) is 3.36. The quantitative estimate of drug-likeness (QED) is 0.423. The van der Waals surface area contributed by atoms with Gasteiger partial charge in [-0.3, -0.25) is 0 Å². The Bertz CT molecular complexity index is 1150.